The fraction of sp³-hybridized carbons (Fsp3) is 0.833. The van der Waals surface area contributed by atoms with Crippen LogP contribution >= 0.6 is 12.2 Å². The Morgan fingerprint density at radius 2 is 1.69 bits per heavy atom. The van der Waals surface area contributed by atoms with Crippen LogP contribution in [-0.2, 0) is 4.79 Å². The average Bonchev–Trinajstić information content (AvgIpc) is 2.12. The van der Waals surface area contributed by atoms with E-state index in [1.54, 1.807) is 0 Å². The molecule has 0 saturated heterocycles. The zero-order valence-electron chi connectivity index (χ0n) is 10.9. The minimum Gasteiger partial charge on any atom is -0.393 e. The van der Waals surface area contributed by atoms with Gasteiger partial charge in [-0.1, -0.05) is 46.8 Å². The molecule has 1 amide bonds. The largest absolute Gasteiger partial charge is 0.393 e. The van der Waals surface area contributed by atoms with Gasteiger partial charge in [-0.2, -0.15) is 0 Å². The van der Waals surface area contributed by atoms with Crippen LogP contribution in [0, 0.1) is 23.7 Å². The Hall–Kier alpha value is -0.640. The van der Waals surface area contributed by atoms with E-state index in [-0.39, 0.29) is 22.7 Å². The van der Waals surface area contributed by atoms with Gasteiger partial charge in [-0.25, -0.2) is 0 Å². The van der Waals surface area contributed by atoms with E-state index in [0.717, 1.165) is 0 Å². The Labute approximate surface area is 104 Å². The van der Waals surface area contributed by atoms with Gasteiger partial charge in [0, 0.05) is 6.54 Å². The number of carbonyl (C=O) groups is 1. The molecule has 3 nitrogen and oxygen atoms in total. The first-order chi connectivity index (χ1) is 7.27. The third-order valence-corrected chi connectivity index (χ3v) is 3.25. The molecule has 0 spiro atoms. The van der Waals surface area contributed by atoms with Crippen LogP contribution in [-0.4, -0.2) is 17.4 Å². The molecule has 0 aromatic heterocycles. The molecule has 3 N–H and O–H groups in total. The van der Waals surface area contributed by atoms with Crippen molar-refractivity contribution in [1.82, 2.24) is 5.32 Å². The van der Waals surface area contributed by atoms with E-state index in [1.807, 2.05) is 13.8 Å². The van der Waals surface area contributed by atoms with Gasteiger partial charge < -0.3 is 11.1 Å². The fourth-order valence-corrected chi connectivity index (χ4v) is 1.75. The number of rotatable bonds is 6. The van der Waals surface area contributed by atoms with E-state index >= 15 is 0 Å². The second-order valence-corrected chi connectivity index (χ2v) is 5.56. The summed E-state index contributed by atoms with van der Waals surface area (Å²) in [4.78, 5) is 12.2. The van der Waals surface area contributed by atoms with Gasteiger partial charge in [0.05, 0.1) is 10.9 Å². The van der Waals surface area contributed by atoms with Crippen LogP contribution in [0.3, 0.4) is 0 Å². The highest BCUT2D eigenvalue weighted by Crippen LogP contribution is 2.13. The standard InChI is InChI=1S/C12H24N2OS/c1-7(2)9(5)6-14-12(15)10(8(3)4)11(13)16/h7-10H,6H2,1-5H3,(H2,13,16)(H,14,15). The lowest BCUT2D eigenvalue weighted by Gasteiger charge is -2.21. The monoisotopic (exact) mass is 244 g/mol. The predicted octanol–water partition coefficient (Wildman–Crippen LogP) is 1.95. The second-order valence-electron chi connectivity index (χ2n) is 5.09. The molecule has 0 aromatic carbocycles. The Balaban J connectivity index is 4.28. The predicted molar refractivity (Wildman–Crippen MR) is 72.1 cm³/mol. The van der Waals surface area contributed by atoms with Gasteiger partial charge >= 0.3 is 0 Å². The Kier molecular flexibility index (Phi) is 6.56. The lowest BCUT2D eigenvalue weighted by Crippen LogP contribution is -2.42. The van der Waals surface area contributed by atoms with Crippen molar-refractivity contribution in [3.05, 3.63) is 0 Å². The van der Waals surface area contributed by atoms with E-state index in [1.165, 1.54) is 0 Å². The van der Waals surface area contributed by atoms with Gasteiger partial charge in [0.15, 0.2) is 0 Å². The first kappa shape index (κ1) is 15.4. The van der Waals surface area contributed by atoms with Crippen LogP contribution in [0.4, 0.5) is 0 Å². The van der Waals surface area contributed by atoms with E-state index in [2.05, 4.69) is 26.1 Å². The Morgan fingerprint density at radius 3 is 2.00 bits per heavy atom. The van der Waals surface area contributed by atoms with Crippen molar-refractivity contribution in [3.63, 3.8) is 0 Å². The molecule has 16 heavy (non-hydrogen) atoms. The number of carbonyl (C=O) groups excluding carboxylic acids is 1. The van der Waals surface area contributed by atoms with Gasteiger partial charge in [0.2, 0.25) is 5.91 Å². The van der Waals surface area contributed by atoms with Crippen molar-refractivity contribution in [3.8, 4) is 0 Å². The van der Waals surface area contributed by atoms with Crippen LogP contribution in [0.25, 0.3) is 0 Å². The quantitative estimate of drug-likeness (QED) is 0.702. The van der Waals surface area contributed by atoms with Gasteiger partial charge in [-0.3, -0.25) is 4.79 Å². The minimum atomic E-state index is -0.352. The van der Waals surface area contributed by atoms with Crippen LogP contribution in [0.5, 0.6) is 0 Å². The molecule has 0 fully saturated rings. The summed E-state index contributed by atoms with van der Waals surface area (Å²) in [5, 5.41) is 2.92. The summed E-state index contributed by atoms with van der Waals surface area (Å²) in [6, 6.07) is 0. The number of hydrogen-bond donors (Lipinski definition) is 2. The van der Waals surface area contributed by atoms with Crippen LogP contribution in [0.1, 0.15) is 34.6 Å². The lowest BCUT2D eigenvalue weighted by molar-refractivity contribution is -0.124. The molecular weight excluding hydrogens is 220 g/mol. The molecule has 0 aliphatic carbocycles. The zero-order valence-corrected chi connectivity index (χ0v) is 11.7. The maximum absolute atomic E-state index is 11.9. The first-order valence-electron chi connectivity index (χ1n) is 5.84. The molecular formula is C12H24N2OS. The maximum atomic E-state index is 11.9. The number of nitrogens with two attached hydrogens (primary N) is 1. The highest BCUT2D eigenvalue weighted by atomic mass is 32.1. The summed E-state index contributed by atoms with van der Waals surface area (Å²) in [6.07, 6.45) is 0. The molecule has 0 aliphatic rings. The second kappa shape index (κ2) is 6.84. The zero-order chi connectivity index (χ0) is 12.9. The SMILES string of the molecule is CC(C)C(C)CNC(=O)C(C(N)=S)C(C)C. The fourth-order valence-electron chi connectivity index (χ4n) is 1.37. The molecule has 0 rings (SSSR count). The molecule has 0 aromatic rings. The van der Waals surface area contributed by atoms with Gasteiger partial charge in [-0.05, 0) is 17.8 Å². The topological polar surface area (TPSA) is 55.1 Å². The van der Waals surface area contributed by atoms with E-state index < -0.39 is 0 Å². The third-order valence-electron chi connectivity index (χ3n) is 2.99. The Morgan fingerprint density at radius 1 is 1.19 bits per heavy atom. The normalized spacial score (nSPS) is 14.9. The van der Waals surface area contributed by atoms with Crippen molar-refractivity contribution in [1.29, 1.82) is 0 Å². The third kappa shape index (κ3) is 4.92. The summed E-state index contributed by atoms with van der Waals surface area (Å²) in [5.74, 6) is 0.766. The first-order valence-corrected chi connectivity index (χ1v) is 6.25. The molecule has 0 heterocycles. The van der Waals surface area contributed by atoms with Crippen molar-refractivity contribution in [2.24, 2.45) is 29.4 Å². The smallest absolute Gasteiger partial charge is 0.230 e. The van der Waals surface area contributed by atoms with E-state index in [0.29, 0.717) is 18.4 Å². The van der Waals surface area contributed by atoms with E-state index in [9.17, 15) is 4.79 Å². The van der Waals surface area contributed by atoms with Crippen molar-refractivity contribution in [2.75, 3.05) is 6.54 Å². The maximum Gasteiger partial charge on any atom is 0.230 e. The van der Waals surface area contributed by atoms with Crippen molar-refractivity contribution < 1.29 is 4.79 Å². The summed E-state index contributed by atoms with van der Waals surface area (Å²) < 4.78 is 0. The Bertz CT molecular complexity index is 251. The average molecular weight is 244 g/mol. The summed E-state index contributed by atoms with van der Waals surface area (Å²) in [6.45, 7) is 11.0. The van der Waals surface area contributed by atoms with Crippen LogP contribution in [0.2, 0.25) is 0 Å². The summed E-state index contributed by atoms with van der Waals surface area (Å²) in [7, 11) is 0. The summed E-state index contributed by atoms with van der Waals surface area (Å²) >= 11 is 4.92. The number of thiocarbonyl (C=S) groups is 1. The van der Waals surface area contributed by atoms with Gasteiger partial charge in [-0.15, -0.1) is 0 Å². The van der Waals surface area contributed by atoms with Gasteiger partial charge in [0.25, 0.3) is 0 Å². The molecule has 0 saturated carbocycles. The summed E-state index contributed by atoms with van der Waals surface area (Å²) in [5.41, 5.74) is 5.58. The lowest BCUT2D eigenvalue weighted by atomic mass is 9.94. The van der Waals surface area contributed by atoms with Gasteiger partial charge in [0.1, 0.15) is 0 Å². The molecule has 0 radical (unpaired) electrons. The molecule has 94 valence electrons. The molecule has 2 atom stereocenters. The van der Waals surface area contributed by atoms with Crippen molar-refractivity contribution in [2.45, 2.75) is 34.6 Å². The molecule has 0 aliphatic heterocycles. The molecule has 2 unspecified atom stereocenters. The molecule has 4 heteroatoms. The van der Waals surface area contributed by atoms with Crippen molar-refractivity contribution >= 4 is 23.1 Å². The van der Waals surface area contributed by atoms with Crippen LogP contribution < -0.4 is 11.1 Å². The highest BCUT2D eigenvalue weighted by molar-refractivity contribution is 7.80. The van der Waals surface area contributed by atoms with E-state index in [4.69, 9.17) is 18.0 Å². The number of amides is 1. The molecule has 0 bridgehead atoms. The number of nitrogens with one attached hydrogen (secondary N) is 1. The number of hydrogen-bond acceptors (Lipinski definition) is 2. The highest BCUT2D eigenvalue weighted by Gasteiger charge is 2.25. The minimum absolute atomic E-state index is 0.0463. The van der Waals surface area contributed by atoms with Crippen LogP contribution in [0.15, 0.2) is 0 Å².